The summed E-state index contributed by atoms with van der Waals surface area (Å²) in [7, 11) is -7.78. The topological polar surface area (TPSA) is 277 Å². The molecule has 1 amide bonds. The van der Waals surface area contributed by atoms with Gasteiger partial charge in [-0.15, -0.1) is 45.9 Å². The fourth-order valence-corrected chi connectivity index (χ4v) is 11.9. The highest BCUT2D eigenvalue weighted by Gasteiger charge is 2.28. The zero-order valence-corrected chi connectivity index (χ0v) is 44.7. The molecule has 0 unspecified atom stereocenters. The summed E-state index contributed by atoms with van der Waals surface area (Å²) in [4.78, 5) is 52.9. The van der Waals surface area contributed by atoms with Gasteiger partial charge in [0.25, 0.3) is 11.4 Å². The minimum absolute atomic E-state index is 0.00136. The van der Waals surface area contributed by atoms with Gasteiger partial charge >= 0.3 is 0 Å². The number of carbonyl (C=O) groups excluding carboxylic acids is 2. The molecule has 71 heavy (non-hydrogen) atoms. The molecule has 0 fully saturated rings. The number of nitrogens with one attached hydrogen (secondary N) is 3. The van der Waals surface area contributed by atoms with E-state index in [0.29, 0.717) is 84.4 Å². The number of thiazole rings is 2. The Bertz CT molecular complexity index is 3070. The first-order valence-electron chi connectivity index (χ1n) is 21.3. The number of halogens is 3. The zero-order valence-electron chi connectivity index (χ0n) is 39.2. The van der Waals surface area contributed by atoms with Gasteiger partial charge in [-0.2, -0.15) is 0 Å². The molecule has 0 spiro atoms. The van der Waals surface area contributed by atoms with Crippen LogP contribution in [0.2, 0.25) is 0 Å². The molecule has 0 aliphatic carbocycles. The summed E-state index contributed by atoms with van der Waals surface area (Å²) in [5.41, 5.74) is 7.40. The predicted octanol–water partition coefficient (Wildman–Crippen LogP) is 11.2. The second-order valence-electron chi connectivity index (χ2n) is 17.3. The highest BCUT2D eigenvalue weighted by atomic mass is 35.5. The third-order valence-electron chi connectivity index (χ3n) is 8.97. The molecule has 380 valence electrons. The molecule has 5 N–H and O–H groups in total. The van der Waals surface area contributed by atoms with E-state index in [1.54, 1.807) is 102 Å². The van der Waals surface area contributed by atoms with Crippen molar-refractivity contribution in [2.45, 2.75) is 88.1 Å². The number of non-ortho nitro benzene ring substituents is 2. The smallest absolute Gasteiger partial charge is 0.269 e. The molecule has 18 nitrogen and oxygen atoms in total. The van der Waals surface area contributed by atoms with Gasteiger partial charge in [0.1, 0.15) is 10.0 Å². The van der Waals surface area contributed by atoms with Crippen molar-refractivity contribution < 1.29 is 36.3 Å². The minimum atomic E-state index is -3.96. The number of nitrogen functional groups attached to an aromatic ring is 1. The number of nitrogens with two attached hydrogens (primary N) is 1. The number of nitrogens with zero attached hydrogens (tertiary/aromatic N) is 4. The lowest BCUT2D eigenvalue weighted by Gasteiger charge is -2.22. The average Bonchev–Trinajstić information content (AvgIpc) is 3.98. The first-order chi connectivity index (χ1) is 33.1. The molecule has 0 saturated heterocycles. The van der Waals surface area contributed by atoms with Gasteiger partial charge in [-0.3, -0.25) is 29.8 Å². The Morgan fingerprint density at radius 3 is 1.44 bits per heavy atom. The molecule has 0 radical (unpaired) electrons. The molecule has 0 aliphatic rings. The van der Waals surface area contributed by atoms with Crippen molar-refractivity contribution in [1.82, 2.24) is 19.4 Å². The van der Waals surface area contributed by atoms with Crippen LogP contribution in [0, 0.1) is 20.2 Å². The fourth-order valence-electron chi connectivity index (χ4n) is 6.08. The lowest BCUT2D eigenvalue weighted by Crippen LogP contribution is -2.40. The molecule has 0 bridgehead atoms. The number of carbonyl (C=O) groups is 2. The van der Waals surface area contributed by atoms with Gasteiger partial charge in [0, 0.05) is 106 Å². The van der Waals surface area contributed by atoms with Crippen LogP contribution in [-0.2, 0) is 29.6 Å². The number of nitro benzene ring substituents is 2. The SMILES string of the molecule is CC(C)(C)NS(=O)(=O)c1cc(N)ccc1-c1cnc(-c2ccc([N+](=O)[O-])cc2)s1.CC(C)(C)NS(=O)(=O)c1cc(NC(=O)CCCCl)ccc1-c1cnc(-c2ccc([N+](=O)[O-])cc2)s1.O=C(Cl)CCCCl. The third kappa shape index (κ3) is 18.0. The molecule has 2 heterocycles. The van der Waals surface area contributed by atoms with Crippen LogP contribution >= 0.6 is 57.5 Å². The average molecular weight is 1110 g/mol. The van der Waals surface area contributed by atoms with Crippen LogP contribution in [0.3, 0.4) is 0 Å². The number of benzene rings is 4. The van der Waals surface area contributed by atoms with Gasteiger partial charge in [0.15, 0.2) is 0 Å². The van der Waals surface area contributed by atoms with Gasteiger partial charge in [0.2, 0.25) is 31.2 Å². The molecule has 0 saturated carbocycles. The maximum absolute atomic E-state index is 13.3. The summed E-state index contributed by atoms with van der Waals surface area (Å²) in [6.07, 6.45) is 4.96. The van der Waals surface area contributed by atoms with Crippen LogP contribution < -0.4 is 20.5 Å². The second kappa shape index (κ2) is 25.3. The maximum Gasteiger partial charge on any atom is 0.269 e. The quantitative estimate of drug-likeness (QED) is 0.0218. The van der Waals surface area contributed by atoms with Gasteiger partial charge in [-0.25, -0.2) is 36.2 Å². The number of hydrogen-bond acceptors (Lipinski definition) is 15. The number of rotatable bonds is 17. The predicted molar refractivity (Wildman–Crippen MR) is 283 cm³/mol. The van der Waals surface area contributed by atoms with Crippen molar-refractivity contribution >= 4 is 111 Å². The Hall–Kier alpha value is -5.43. The van der Waals surface area contributed by atoms with Crippen LogP contribution in [0.1, 0.15) is 67.2 Å². The summed E-state index contributed by atoms with van der Waals surface area (Å²) < 4.78 is 57.8. The van der Waals surface area contributed by atoms with Crippen LogP contribution in [0.4, 0.5) is 22.7 Å². The number of sulfonamides is 2. The number of nitro groups is 2. The van der Waals surface area contributed by atoms with E-state index in [1.165, 1.54) is 59.1 Å². The van der Waals surface area contributed by atoms with Crippen molar-refractivity contribution in [3.63, 3.8) is 0 Å². The number of amides is 1. The van der Waals surface area contributed by atoms with Gasteiger partial charge in [-0.05, 0) is 115 Å². The molecular weight excluding hydrogens is 1060 g/mol. The molecule has 6 rings (SSSR count). The van der Waals surface area contributed by atoms with Crippen molar-refractivity contribution in [2.75, 3.05) is 22.8 Å². The molecular formula is C46H51Cl3N8O10S4. The minimum Gasteiger partial charge on any atom is -0.399 e. The largest absolute Gasteiger partial charge is 0.399 e. The number of aromatic nitrogens is 2. The van der Waals surface area contributed by atoms with Gasteiger partial charge < -0.3 is 11.1 Å². The van der Waals surface area contributed by atoms with Crippen molar-refractivity contribution in [3.05, 3.63) is 118 Å². The van der Waals surface area contributed by atoms with Crippen molar-refractivity contribution in [1.29, 1.82) is 0 Å². The third-order valence-corrected chi connectivity index (χ3v) is 15.4. The Morgan fingerprint density at radius 1 is 0.648 bits per heavy atom. The lowest BCUT2D eigenvalue weighted by molar-refractivity contribution is -0.385. The Kier molecular flexibility index (Phi) is 20.7. The van der Waals surface area contributed by atoms with Crippen LogP contribution in [0.5, 0.6) is 0 Å². The van der Waals surface area contributed by atoms with E-state index in [1.807, 2.05) is 0 Å². The standard InChI is InChI=1S/C23H25ClN4O5S2.C19H20N4O4S2.C4H6Cl2O/c1-23(2,3)27-35(32,33)20-13-16(26-21(29)5-4-12-24)8-11-18(20)19-14-25-22(34-19)15-6-9-17(10-7-15)28(30)31;1-19(2,3)22-29(26,27)17-10-13(20)6-9-15(17)16-11-21-18(28-16)12-4-7-14(8-5-12)23(24)25;5-3-1-2-4(6)7/h6-11,13-14,27H,4-5,12H2,1-3H3,(H,26,29);4-11,22H,20H2,1-3H3;1-3H2. The molecule has 25 heteroatoms. The monoisotopic (exact) mass is 1110 g/mol. The molecule has 2 aromatic heterocycles. The summed E-state index contributed by atoms with van der Waals surface area (Å²) >= 11 is 18.4. The first kappa shape index (κ1) is 58.1. The summed E-state index contributed by atoms with van der Waals surface area (Å²) in [5, 5.41) is 25.3. The molecule has 0 atom stereocenters. The molecule has 4 aromatic carbocycles. The second-order valence-corrected chi connectivity index (χ2v) is 23.9. The van der Waals surface area contributed by atoms with Gasteiger partial charge in [-0.1, -0.05) is 12.1 Å². The summed E-state index contributed by atoms with van der Waals surface area (Å²) in [6, 6.07) is 21.4. The highest BCUT2D eigenvalue weighted by Crippen LogP contribution is 2.39. The van der Waals surface area contributed by atoms with E-state index >= 15 is 0 Å². The molecule has 0 aliphatic heterocycles. The summed E-state index contributed by atoms with van der Waals surface area (Å²) in [5.74, 6) is 0.603. The lowest BCUT2D eigenvalue weighted by atomic mass is 10.1. The van der Waals surface area contributed by atoms with Crippen molar-refractivity contribution in [2.24, 2.45) is 0 Å². The van der Waals surface area contributed by atoms with Crippen LogP contribution in [0.25, 0.3) is 42.0 Å². The maximum atomic E-state index is 13.3. The Balaban J connectivity index is 0.000000275. The first-order valence-corrected chi connectivity index (χ1v) is 27.3. The van der Waals surface area contributed by atoms with Gasteiger partial charge in [0.05, 0.1) is 29.4 Å². The van der Waals surface area contributed by atoms with Crippen LogP contribution in [0.15, 0.2) is 107 Å². The highest BCUT2D eigenvalue weighted by molar-refractivity contribution is 7.90. The van der Waals surface area contributed by atoms with E-state index in [0.717, 1.165) is 0 Å². The van der Waals surface area contributed by atoms with E-state index in [2.05, 4.69) is 24.7 Å². The van der Waals surface area contributed by atoms with E-state index < -0.39 is 41.0 Å². The fraction of sp³-hybridized carbons (Fsp3) is 0.304. The van der Waals surface area contributed by atoms with E-state index in [-0.39, 0.29) is 38.7 Å². The number of alkyl halides is 2. The normalized spacial score (nSPS) is 11.7. The van der Waals surface area contributed by atoms with Crippen LogP contribution in [-0.4, -0.2) is 70.6 Å². The van der Waals surface area contributed by atoms with Crippen molar-refractivity contribution in [3.8, 4) is 42.0 Å². The number of hydrogen-bond donors (Lipinski definition) is 4. The number of anilines is 2. The molecule has 6 aromatic rings. The van der Waals surface area contributed by atoms with E-state index in [4.69, 9.17) is 40.5 Å². The Morgan fingerprint density at radius 2 is 1.06 bits per heavy atom. The zero-order chi connectivity index (χ0) is 52.9. The van der Waals surface area contributed by atoms with E-state index in [9.17, 15) is 46.7 Å². The summed E-state index contributed by atoms with van der Waals surface area (Å²) in [6.45, 7) is 10.5. The Labute approximate surface area is 434 Å².